The van der Waals surface area contributed by atoms with Gasteiger partial charge in [0.25, 0.3) is 0 Å². The van der Waals surface area contributed by atoms with Crippen molar-refractivity contribution in [2.75, 3.05) is 0 Å². The predicted molar refractivity (Wildman–Crippen MR) is 131 cm³/mol. The highest BCUT2D eigenvalue weighted by molar-refractivity contribution is 7.09. The van der Waals surface area contributed by atoms with Gasteiger partial charge in [0.2, 0.25) is 0 Å². The van der Waals surface area contributed by atoms with Crippen molar-refractivity contribution in [3.8, 4) is 0 Å². The molecule has 2 aliphatic heterocycles. The van der Waals surface area contributed by atoms with Crippen LogP contribution in [0.15, 0.2) is 23.1 Å². The van der Waals surface area contributed by atoms with Crippen LogP contribution in [0.2, 0.25) is 0 Å². The van der Waals surface area contributed by atoms with E-state index in [9.17, 15) is 19.8 Å². The van der Waals surface area contributed by atoms with Crippen LogP contribution >= 0.6 is 11.3 Å². The van der Waals surface area contributed by atoms with E-state index in [1.807, 2.05) is 25.3 Å². The molecule has 0 aliphatic carbocycles. The molecule has 6 atom stereocenters. The molecule has 2 fully saturated rings. The number of carbonyl (C=O) groups excluding carboxylic acids is 2. The molecule has 2 unspecified atom stereocenters. The molecule has 7 nitrogen and oxygen atoms in total. The van der Waals surface area contributed by atoms with Crippen LogP contribution in [0, 0.1) is 18.3 Å². The maximum absolute atomic E-state index is 13.1. The Morgan fingerprint density at radius 2 is 2.00 bits per heavy atom. The molecular formula is C26H37NO6S. The van der Waals surface area contributed by atoms with Crippen molar-refractivity contribution in [2.24, 2.45) is 11.3 Å². The summed E-state index contributed by atoms with van der Waals surface area (Å²) in [5.74, 6) is -1.64. The summed E-state index contributed by atoms with van der Waals surface area (Å²) >= 11 is 1.55. The lowest BCUT2D eigenvalue weighted by molar-refractivity contribution is -0.154. The number of esters is 1. The number of hydrogen-bond acceptors (Lipinski definition) is 8. The minimum Gasteiger partial charge on any atom is -0.458 e. The van der Waals surface area contributed by atoms with Crippen molar-refractivity contribution in [1.29, 1.82) is 0 Å². The molecule has 3 rings (SSSR count). The summed E-state index contributed by atoms with van der Waals surface area (Å²) in [5.41, 5.74) is 1.03. The molecule has 34 heavy (non-hydrogen) atoms. The minimum absolute atomic E-state index is 0.0220. The van der Waals surface area contributed by atoms with Crippen molar-refractivity contribution >= 4 is 29.2 Å². The monoisotopic (exact) mass is 491 g/mol. The van der Waals surface area contributed by atoms with Crippen LogP contribution in [0.4, 0.5) is 0 Å². The Hall–Kier alpha value is -1.87. The number of ether oxygens (including phenoxy) is 2. The molecule has 1 aromatic rings. The van der Waals surface area contributed by atoms with Gasteiger partial charge in [-0.25, -0.2) is 4.98 Å². The quantitative estimate of drug-likeness (QED) is 0.365. The summed E-state index contributed by atoms with van der Waals surface area (Å²) in [5, 5.41) is 24.4. The smallest absolute Gasteiger partial charge is 0.309 e. The number of hydrogen-bond donors (Lipinski definition) is 2. The maximum atomic E-state index is 13.1. The number of aliphatic hydroxyl groups is 2. The second-order valence-electron chi connectivity index (χ2n) is 10.2. The predicted octanol–water partition coefficient (Wildman–Crippen LogP) is 4.01. The van der Waals surface area contributed by atoms with E-state index in [1.165, 1.54) is 0 Å². The Bertz CT molecular complexity index is 951. The van der Waals surface area contributed by atoms with Gasteiger partial charge < -0.3 is 19.7 Å². The highest BCUT2D eigenvalue weighted by Crippen LogP contribution is 2.36. The Morgan fingerprint density at radius 1 is 1.29 bits per heavy atom. The zero-order valence-corrected chi connectivity index (χ0v) is 21.6. The Kier molecular flexibility index (Phi) is 8.50. The topological polar surface area (TPSA) is 109 Å². The third-order valence-electron chi connectivity index (χ3n) is 7.05. The first-order valence-corrected chi connectivity index (χ1v) is 12.8. The number of cyclic esters (lactones) is 1. The fraction of sp³-hybridized carbons (Fsp3) is 0.654. The van der Waals surface area contributed by atoms with Gasteiger partial charge in [-0.3, -0.25) is 9.59 Å². The van der Waals surface area contributed by atoms with Crippen molar-refractivity contribution in [2.45, 2.75) is 97.2 Å². The van der Waals surface area contributed by atoms with Crippen LogP contribution in [0.25, 0.3) is 6.08 Å². The summed E-state index contributed by atoms with van der Waals surface area (Å²) in [4.78, 5) is 30.4. The number of aliphatic hydroxyl groups excluding tert-OH is 2. The second-order valence-corrected chi connectivity index (χ2v) is 11.3. The van der Waals surface area contributed by atoms with Crippen LogP contribution in [0.3, 0.4) is 0 Å². The first kappa shape index (κ1) is 26.7. The number of rotatable bonds is 2. The molecule has 0 saturated carbocycles. The van der Waals surface area contributed by atoms with Gasteiger partial charge in [-0.1, -0.05) is 27.4 Å². The molecule has 3 heterocycles. The van der Waals surface area contributed by atoms with Gasteiger partial charge in [-0.2, -0.15) is 0 Å². The molecule has 2 N–H and O–H groups in total. The third kappa shape index (κ3) is 6.42. The fourth-order valence-electron chi connectivity index (χ4n) is 4.50. The first-order valence-electron chi connectivity index (χ1n) is 11.9. The highest BCUT2D eigenvalue weighted by Gasteiger charge is 2.44. The molecular weight excluding hydrogens is 454 g/mol. The van der Waals surface area contributed by atoms with E-state index < -0.39 is 35.6 Å². The van der Waals surface area contributed by atoms with Gasteiger partial charge in [0.05, 0.1) is 47.0 Å². The number of fused-ring (bicyclic) bond motifs is 1. The molecule has 1 aromatic heterocycles. The SMILES string of the molecule is C=C1CCCC2O[C@H]2C[C@@H](/C(C)=C/c2csc(C)n2)OC(=O)CC(O)C(C)(C)C(=O)[C@H](C)[C@H]1O. The summed E-state index contributed by atoms with van der Waals surface area (Å²) in [6.45, 7) is 12.7. The summed E-state index contributed by atoms with van der Waals surface area (Å²) in [6.07, 6.45) is 1.56. The molecule has 188 valence electrons. The molecule has 0 spiro atoms. The molecule has 2 saturated heterocycles. The normalized spacial score (nSPS) is 33.9. The van der Waals surface area contributed by atoms with Crippen LogP contribution in [-0.4, -0.2) is 57.5 Å². The maximum Gasteiger partial charge on any atom is 0.309 e. The number of nitrogens with zero attached hydrogens (tertiary/aromatic N) is 1. The number of thiazole rings is 1. The Balaban J connectivity index is 1.82. The first-order chi connectivity index (χ1) is 15.9. The number of ketones is 1. The number of epoxide rings is 1. The van der Waals surface area contributed by atoms with Crippen molar-refractivity contribution in [1.82, 2.24) is 4.98 Å². The lowest BCUT2D eigenvalue weighted by atomic mass is 9.73. The molecule has 0 radical (unpaired) electrons. The average molecular weight is 492 g/mol. The molecule has 0 aromatic carbocycles. The number of aryl methyl sites for hydroxylation is 1. The number of carbonyl (C=O) groups is 2. The number of Topliss-reactive ketones (excluding diaryl/α,β-unsaturated/α-hetero) is 1. The third-order valence-corrected chi connectivity index (χ3v) is 7.84. The van der Waals surface area contributed by atoms with Gasteiger partial charge in [-0.15, -0.1) is 11.3 Å². The molecule has 0 bridgehead atoms. The average Bonchev–Trinajstić information content (AvgIpc) is 3.38. The lowest BCUT2D eigenvalue weighted by Crippen LogP contribution is -2.45. The van der Waals surface area contributed by atoms with Crippen LogP contribution in [0.1, 0.15) is 70.5 Å². The van der Waals surface area contributed by atoms with E-state index in [4.69, 9.17) is 9.47 Å². The van der Waals surface area contributed by atoms with Crippen LogP contribution in [0.5, 0.6) is 0 Å². The van der Waals surface area contributed by atoms with Crippen molar-refractivity contribution in [3.05, 3.63) is 33.8 Å². The van der Waals surface area contributed by atoms with E-state index in [0.29, 0.717) is 18.4 Å². The fourth-order valence-corrected chi connectivity index (χ4v) is 5.07. The second kappa shape index (κ2) is 10.8. The van der Waals surface area contributed by atoms with Crippen molar-refractivity contribution < 1.29 is 29.3 Å². The summed E-state index contributed by atoms with van der Waals surface area (Å²) in [6, 6.07) is 0. The van der Waals surface area contributed by atoms with Gasteiger partial charge >= 0.3 is 5.97 Å². The van der Waals surface area contributed by atoms with E-state index >= 15 is 0 Å². The van der Waals surface area contributed by atoms with E-state index in [0.717, 1.165) is 29.1 Å². The molecule has 0 amide bonds. The van der Waals surface area contributed by atoms with Crippen molar-refractivity contribution in [3.63, 3.8) is 0 Å². The molecule has 2 aliphatic rings. The van der Waals surface area contributed by atoms with Gasteiger partial charge in [0.1, 0.15) is 11.9 Å². The van der Waals surface area contributed by atoms with E-state index in [-0.39, 0.29) is 24.4 Å². The summed E-state index contributed by atoms with van der Waals surface area (Å²) in [7, 11) is 0. The van der Waals surface area contributed by atoms with E-state index in [1.54, 1.807) is 32.1 Å². The standard InChI is InChI=1S/C26H37NO6S/c1-14-8-7-9-19-21(32-19)11-20(15(2)10-18-13-34-17(4)27-18)33-23(29)12-22(28)26(5,6)25(31)16(3)24(14)30/h10,13,16,19-22,24,28,30H,1,7-9,11-12H2,2-6H3/b15-10+/t16-,19?,20+,21+,22?,24+/m1/s1. The van der Waals surface area contributed by atoms with Gasteiger partial charge in [0.15, 0.2) is 0 Å². The zero-order valence-electron chi connectivity index (χ0n) is 20.7. The summed E-state index contributed by atoms with van der Waals surface area (Å²) < 4.78 is 11.6. The number of aromatic nitrogens is 1. The Labute approximate surface area is 205 Å². The highest BCUT2D eigenvalue weighted by atomic mass is 32.1. The van der Waals surface area contributed by atoms with Gasteiger partial charge in [-0.05, 0) is 50.3 Å². The van der Waals surface area contributed by atoms with E-state index in [2.05, 4.69) is 11.6 Å². The minimum atomic E-state index is -1.25. The van der Waals surface area contributed by atoms with Gasteiger partial charge in [0, 0.05) is 17.7 Å². The molecule has 8 heteroatoms. The Morgan fingerprint density at radius 3 is 2.65 bits per heavy atom. The zero-order chi connectivity index (χ0) is 25.2. The van der Waals surface area contributed by atoms with Crippen LogP contribution < -0.4 is 0 Å². The lowest BCUT2D eigenvalue weighted by Gasteiger charge is -2.33. The largest absolute Gasteiger partial charge is 0.458 e. The van der Waals surface area contributed by atoms with Crippen LogP contribution in [-0.2, 0) is 19.1 Å².